The molecule has 0 heterocycles. The number of aromatic hydroxyl groups is 1. The lowest BCUT2D eigenvalue weighted by atomic mass is 10.1. The summed E-state index contributed by atoms with van der Waals surface area (Å²) < 4.78 is 19.3. The number of ether oxygens (including phenoxy) is 1. The van der Waals surface area contributed by atoms with Crippen LogP contribution in [-0.2, 0) is 0 Å². The van der Waals surface area contributed by atoms with Gasteiger partial charge < -0.3 is 15.2 Å². The van der Waals surface area contributed by atoms with Crippen LogP contribution in [-0.4, -0.2) is 12.2 Å². The molecule has 2 aromatic rings. The largest absolute Gasteiger partial charge is 0.505 e. The molecule has 0 saturated heterocycles. The van der Waals surface area contributed by atoms with Gasteiger partial charge in [0.25, 0.3) is 0 Å². The first-order chi connectivity index (χ1) is 9.51. The molecule has 1 atom stereocenters. The van der Waals surface area contributed by atoms with Crippen molar-refractivity contribution in [1.29, 1.82) is 0 Å². The average Bonchev–Trinajstić information content (AvgIpc) is 2.42. The fourth-order valence-corrected chi connectivity index (χ4v) is 2.44. The van der Waals surface area contributed by atoms with E-state index >= 15 is 0 Å². The predicted molar refractivity (Wildman–Crippen MR) is 80.8 cm³/mol. The van der Waals surface area contributed by atoms with Crippen LogP contribution >= 0.6 is 15.9 Å². The van der Waals surface area contributed by atoms with Crippen molar-refractivity contribution >= 4 is 21.6 Å². The lowest BCUT2D eigenvalue weighted by molar-refractivity contribution is 0.412. The summed E-state index contributed by atoms with van der Waals surface area (Å²) >= 11 is 3.44. The molecule has 2 rings (SSSR count). The molecule has 0 fully saturated rings. The quantitative estimate of drug-likeness (QED) is 0.807. The van der Waals surface area contributed by atoms with E-state index in [-0.39, 0.29) is 11.8 Å². The van der Waals surface area contributed by atoms with Crippen LogP contribution in [0.25, 0.3) is 0 Å². The number of nitrogens with one attached hydrogen (secondary N) is 1. The molecule has 0 bridgehead atoms. The SMILES string of the molecule is COc1ccc(C(C)Nc2ccc(O)c(F)c2)cc1Br. The molecule has 2 N–H and O–H groups in total. The Morgan fingerprint density at radius 3 is 2.60 bits per heavy atom. The summed E-state index contributed by atoms with van der Waals surface area (Å²) in [4.78, 5) is 0. The minimum atomic E-state index is -0.641. The maximum Gasteiger partial charge on any atom is 0.166 e. The Bertz CT molecular complexity index is 619. The molecule has 0 spiro atoms. The number of hydrogen-bond acceptors (Lipinski definition) is 3. The third kappa shape index (κ3) is 3.22. The van der Waals surface area contributed by atoms with Gasteiger partial charge in [0.2, 0.25) is 0 Å². The number of hydrogen-bond donors (Lipinski definition) is 2. The Morgan fingerprint density at radius 1 is 1.25 bits per heavy atom. The van der Waals surface area contributed by atoms with Gasteiger partial charge in [0.05, 0.1) is 11.6 Å². The second kappa shape index (κ2) is 6.13. The summed E-state index contributed by atoms with van der Waals surface area (Å²) in [6.07, 6.45) is 0. The molecule has 2 aromatic carbocycles. The second-order valence-corrected chi connectivity index (χ2v) is 5.28. The van der Waals surface area contributed by atoms with E-state index in [9.17, 15) is 4.39 Å². The number of anilines is 1. The van der Waals surface area contributed by atoms with Crippen molar-refractivity contribution in [3.8, 4) is 11.5 Å². The number of phenolic OH excluding ortho intramolecular Hbond substituents is 1. The molecule has 0 aliphatic rings. The highest BCUT2D eigenvalue weighted by Gasteiger charge is 2.09. The van der Waals surface area contributed by atoms with E-state index in [1.54, 1.807) is 13.2 Å². The monoisotopic (exact) mass is 339 g/mol. The number of phenols is 1. The van der Waals surface area contributed by atoms with E-state index in [4.69, 9.17) is 9.84 Å². The van der Waals surface area contributed by atoms with Crippen molar-refractivity contribution in [2.24, 2.45) is 0 Å². The first-order valence-electron chi connectivity index (χ1n) is 6.09. The first-order valence-corrected chi connectivity index (χ1v) is 6.89. The van der Waals surface area contributed by atoms with Crippen molar-refractivity contribution in [3.63, 3.8) is 0 Å². The second-order valence-electron chi connectivity index (χ2n) is 4.43. The van der Waals surface area contributed by atoms with Crippen molar-refractivity contribution in [1.82, 2.24) is 0 Å². The Balaban J connectivity index is 2.17. The number of rotatable bonds is 4. The molecular formula is C15H15BrFNO2. The predicted octanol–water partition coefficient (Wildman–Crippen LogP) is 4.48. The van der Waals surface area contributed by atoms with Gasteiger partial charge in [0.1, 0.15) is 5.75 Å². The molecule has 0 amide bonds. The third-order valence-corrected chi connectivity index (χ3v) is 3.63. The fourth-order valence-electron chi connectivity index (χ4n) is 1.88. The topological polar surface area (TPSA) is 41.5 Å². The first kappa shape index (κ1) is 14.7. The highest BCUT2D eigenvalue weighted by molar-refractivity contribution is 9.10. The summed E-state index contributed by atoms with van der Waals surface area (Å²) in [6.45, 7) is 1.97. The lowest BCUT2D eigenvalue weighted by Gasteiger charge is -2.17. The highest BCUT2D eigenvalue weighted by Crippen LogP contribution is 2.30. The van der Waals surface area contributed by atoms with E-state index < -0.39 is 5.82 Å². The molecular weight excluding hydrogens is 325 g/mol. The Hall–Kier alpha value is -1.75. The summed E-state index contributed by atoms with van der Waals surface area (Å²) in [7, 11) is 1.61. The summed E-state index contributed by atoms with van der Waals surface area (Å²) in [5, 5.41) is 12.3. The fraction of sp³-hybridized carbons (Fsp3) is 0.200. The highest BCUT2D eigenvalue weighted by atomic mass is 79.9. The molecule has 3 nitrogen and oxygen atoms in total. The zero-order chi connectivity index (χ0) is 14.7. The average molecular weight is 340 g/mol. The number of benzene rings is 2. The van der Waals surface area contributed by atoms with Gasteiger partial charge >= 0.3 is 0 Å². The van der Waals surface area contributed by atoms with E-state index in [0.29, 0.717) is 5.69 Å². The van der Waals surface area contributed by atoms with Crippen LogP contribution in [0.5, 0.6) is 11.5 Å². The van der Waals surface area contributed by atoms with Gasteiger partial charge in [-0.05, 0) is 52.7 Å². The Kier molecular flexibility index (Phi) is 4.49. The normalized spacial score (nSPS) is 12.0. The van der Waals surface area contributed by atoms with Gasteiger partial charge in [0.15, 0.2) is 11.6 Å². The maximum absolute atomic E-state index is 13.3. The minimum Gasteiger partial charge on any atom is -0.505 e. The van der Waals surface area contributed by atoms with Crippen LogP contribution in [0.2, 0.25) is 0 Å². The van der Waals surface area contributed by atoms with Crippen LogP contribution in [0.4, 0.5) is 10.1 Å². The van der Waals surface area contributed by atoms with Crippen LogP contribution in [0, 0.1) is 5.82 Å². The maximum atomic E-state index is 13.3. The molecule has 1 unspecified atom stereocenters. The smallest absolute Gasteiger partial charge is 0.166 e. The van der Waals surface area contributed by atoms with E-state index in [1.807, 2.05) is 25.1 Å². The summed E-state index contributed by atoms with van der Waals surface area (Å²) in [5.41, 5.74) is 1.64. The zero-order valence-corrected chi connectivity index (χ0v) is 12.7. The molecule has 0 aliphatic carbocycles. The van der Waals surface area contributed by atoms with Gasteiger partial charge in [-0.3, -0.25) is 0 Å². The van der Waals surface area contributed by atoms with Crippen molar-refractivity contribution < 1.29 is 14.2 Å². The standard InChI is InChI=1S/C15H15BrFNO2/c1-9(10-3-6-15(20-2)12(16)7-10)18-11-4-5-14(19)13(17)8-11/h3-9,18-19H,1-2H3. The summed E-state index contributed by atoms with van der Waals surface area (Å²) in [6, 6.07) is 9.98. The van der Waals surface area contributed by atoms with Gasteiger partial charge in [-0.1, -0.05) is 6.07 Å². The molecule has 5 heteroatoms. The van der Waals surface area contributed by atoms with Gasteiger partial charge in [-0.15, -0.1) is 0 Å². The molecule has 0 aliphatic heterocycles. The Morgan fingerprint density at radius 2 is 2.00 bits per heavy atom. The molecule has 20 heavy (non-hydrogen) atoms. The van der Waals surface area contributed by atoms with E-state index in [1.165, 1.54) is 12.1 Å². The lowest BCUT2D eigenvalue weighted by Crippen LogP contribution is -2.06. The number of methoxy groups -OCH3 is 1. The zero-order valence-electron chi connectivity index (χ0n) is 11.2. The van der Waals surface area contributed by atoms with Crippen molar-refractivity contribution in [2.75, 3.05) is 12.4 Å². The van der Waals surface area contributed by atoms with Crippen LogP contribution in [0.15, 0.2) is 40.9 Å². The van der Waals surface area contributed by atoms with E-state index in [2.05, 4.69) is 21.2 Å². The molecule has 106 valence electrons. The molecule has 0 radical (unpaired) electrons. The van der Waals surface area contributed by atoms with E-state index in [0.717, 1.165) is 15.8 Å². The van der Waals surface area contributed by atoms with Gasteiger partial charge in [-0.25, -0.2) is 4.39 Å². The number of halogens is 2. The Labute approximate surface area is 125 Å². The van der Waals surface area contributed by atoms with Crippen LogP contribution in [0.3, 0.4) is 0 Å². The molecule has 0 aromatic heterocycles. The van der Waals surface area contributed by atoms with Crippen LogP contribution < -0.4 is 10.1 Å². The third-order valence-electron chi connectivity index (χ3n) is 3.01. The minimum absolute atomic E-state index is 0.0128. The van der Waals surface area contributed by atoms with Crippen molar-refractivity contribution in [3.05, 3.63) is 52.3 Å². The molecule has 0 saturated carbocycles. The van der Waals surface area contributed by atoms with Gasteiger partial charge in [-0.2, -0.15) is 0 Å². The van der Waals surface area contributed by atoms with Crippen molar-refractivity contribution in [2.45, 2.75) is 13.0 Å². The van der Waals surface area contributed by atoms with Crippen LogP contribution in [0.1, 0.15) is 18.5 Å². The van der Waals surface area contributed by atoms with Gasteiger partial charge in [0, 0.05) is 17.8 Å². The summed E-state index contributed by atoms with van der Waals surface area (Å²) in [5.74, 6) is -0.231.